The molecule has 23 heavy (non-hydrogen) atoms. The average Bonchev–Trinajstić information content (AvgIpc) is 3.25. The van der Waals surface area contributed by atoms with E-state index in [1.165, 1.54) is 12.1 Å². The van der Waals surface area contributed by atoms with Crippen molar-refractivity contribution in [2.75, 3.05) is 0 Å². The fraction of sp³-hybridized carbons (Fsp3) is 0.235. The summed E-state index contributed by atoms with van der Waals surface area (Å²) in [7, 11) is -3.70. The first-order chi connectivity index (χ1) is 10.8. The van der Waals surface area contributed by atoms with E-state index in [2.05, 4.69) is 0 Å². The SMILES string of the molecule is Cc1ccc(S(=O)(=O)[C@H]2[C@H](C(=O)O)[C@@H]2c2ccc(Cl)cc2)cc1. The van der Waals surface area contributed by atoms with Crippen LogP contribution in [0.15, 0.2) is 53.4 Å². The number of hydrogen-bond acceptors (Lipinski definition) is 3. The number of aryl methyl sites for hydroxylation is 1. The molecule has 0 bridgehead atoms. The molecular weight excluding hydrogens is 336 g/mol. The van der Waals surface area contributed by atoms with Gasteiger partial charge in [0, 0.05) is 10.9 Å². The van der Waals surface area contributed by atoms with E-state index in [9.17, 15) is 18.3 Å². The maximum Gasteiger partial charge on any atom is 0.308 e. The largest absolute Gasteiger partial charge is 0.481 e. The van der Waals surface area contributed by atoms with E-state index in [0.717, 1.165) is 5.56 Å². The number of benzene rings is 2. The highest BCUT2D eigenvalue weighted by molar-refractivity contribution is 7.92. The third kappa shape index (κ3) is 2.86. The van der Waals surface area contributed by atoms with Crippen molar-refractivity contribution in [2.24, 2.45) is 5.92 Å². The van der Waals surface area contributed by atoms with Crippen molar-refractivity contribution in [3.8, 4) is 0 Å². The van der Waals surface area contributed by atoms with Crippen molar-refractivity contribution >= 4 is 27.4 Å². The van der Waals surface area contributed by atoms with Gasteiger partial charge >= 0.3 is 5.97 Å². The summed E-state index contributed by atoms with van der Waals surface area (Å²) < 4.78 is 25.6. The Hall–Kier alpha value is -1.85. The number of carboxylic acids is 1. The maximum absolute atomic E-state index is 12.8. The second kappa shape index (κ2) is 5.65. The van der Waals surface area contributed by atoms with Gasteiger partial charge in [0.15, 0.2) is 9.84 Å². The van der Waals surface area contributed by atoms with Gasteiger partial charge in [0.05, 0.1) is 16.1 Å². The van der Waals surface area contributed by atoms with Crippen LogP contribution in [-0.2, 0) is 14.6 Å². The summed E-state index contributed by atoms with van der Waals surface area (Å²) in [4.78, 5) is 11.6. The Morgan fingerprint density at radius 2 is 1.61 bits per heavy atom. The van der Waals surface area contributed by atoms with Gasteiger partial charge in [-0.05, 0) is 36.8 Å². The average molecular weight is 351 g/mol. The molecule has 1 saturated carbocycles. The van der Waals surface area contributed by atoms with Crippen molar-refractivity contribution in [3.63, 3.8) is 0 Å². The fourth-order valence-electron chi connectivity index (χ4n) is 2.93. The minimum Gasteiger partial charge on any atom is -0.481 e. The van der Waals surface area contributed by atoms with E-state index in [0.29, 0.717) is 10.6 Å². The van der Waals surface area contributed by atoms with Crippen molar-refractivity contribution < 1.29 is 18.3 Å². The minimum absolute atomic E-state index is 0.163. The van der Waals surface area contributed by atoms with E-state index < -0.39 is 32.9 Å². The minimum atomic E-state index is -3.70. The highest BCUT2D eigenvalue weighted by atomic mass is 35.5. The predicted octanol–water partition coefficient (Wildman–Crippen LogP) is 3.29. The van der Waals surface area contributed by atoms with Crippen LogP contribution in [0.1, 0.15) is 17.0 Å². The molecule has 120 valence electrons. The highest BCUT2D eigenvalue weighted by Crippen LogP contribution is 2.54. The van der Waals surface area contributed by atoms with Crippen LogP contribution in [0.2, 0.25) is 5.02 Å². The van der Waals surface area contributed by atoms with Crippen LogP contribution >= 0.6 is 11.6 Å². The zero-order chi connectivity index (χ0) is 16.8. The van der Waals surface area contributed by atoms with Gasteiger partial charge in [0.2, 0.25) is 0 Å². The fourth-order valence-corrected chi connectivity index (χ4v) is 5.18. The number of hydrogen-bond donors (Lipinski definition) is 1. The van der Waals surface area contributed by atoms with Gasteiger partial charge < -0.3 is 5.11 Å². The lowest BCUT2D eigenvalue weighted by Gasteiger charge is -2.05. The first-order valence-electron chi connectivity index (χ1n) is 7.11. The topological polar surface area (TPSA) is 71.4 Å². The number of carbonyl (C=O) groups is 1. The second-order valence-corrected chi connectivity index (χ2v) is 8.31. The molecule has 1 aliphatic carbocycles. The molecule has 6 heteroatoms. The lowest BCUT2D eigenvalue weighted by atomic mass is 10.1. The Balaban J connectivity index is 1.98. The Morgan fingerprint density at radius 1 is 1.04 bits per heavy atom. The van der Waals surface area contributed by atoms with Crippen molar-refractivity contribution in [2.45, 2.75) is 23.0 Å². The molecule has 0 saturated heterocycles. The highest BCUT2D eigenvalue weighted by Gasteiger charge is 2.63. The van der Waals surface area contributed by atoms with E-state index in [4.69, 9.17) is 11.6 Å². The first kappa shape index (κ1) is 16.0. The smallest absolute Gasteiger partial charge is 0.308 e. The lowest BCUT2D eigenvalue weighted by molar-refractivity contribution is -0.138. The maximum atomic E-state index is 12.8. The molecule has 0 spiro atoms. The number of rotatable bonds is 4. The molecule has 0 aliphatic heterocycles. The van der Waals surface area contributed by atoms with Crippen LogP contribution in [0.5, 0.6) is 0 Å². The van der Waals surface area contributed by atoms with Crippen LogP contribution in [0.25, 0.3) is 0 Å². The summed E-state index contributed by atoms with van der Waals surface area (Å²) in [6.07, 6.45) is 0. The summed E-state index contributed by atoms with van der Waals surface area (Å²) in [5, 5.41) is 8.96. The third-order valence-electron chi connectivity index (χ3n) is 4.20. The van der Waals surface area contributed by atoms with E-state index >= 15 is 0 Å². The lowest BCUT2D eigenvalue weighted by Crippen LogP contribution is -2.13. The molecule has 0 aromatic heterocycles. The van der Waals surface area contributed by atoms with Gasteiger partial charge in [-0.2, -0.15) is 0 Å². The Bertz CT molecular complexity index is 841. The van der Waals surface area contributed by atoms with Gasteiger partial charge in [-0.15, -0.1) is 0 Å². The molecular formula is C17H15ClO4S. The zero-order valence-electron chi connectivity index (χ0n) is 12.3. The molecule has 1 aliphatic rings. The summed E-state index contributed by atoms with van der Waals surface area (Å²) in [5.41, 5.74) is 1.63. The summed E-state index contributed by atoms with van der Waals surface area (Å²) in [6, 6.07) is 13.1. The van der Waals surface area contributed by atoms with Crippen molar-refractivity contribution in [3.05, 3.63) is 64.7 Å². The second-order valence-electron chi connectivity index (χ2n) is 5.76. The van der Waals surface area contributed by atoms with Gasteiger partial charge in [-0.1, -0.05) is 41.4 Å². The normalized spacial score (nSPS) is 23.5. The molecule has 1 fully saturated rings. The third-order valence-corrected chi connectivity index (χ3v) is 6.69. The van der Waals surface area contributed by atoms with Crippen molar-refractivity contribution in [1.82, 2.24) is 0 Å². The number of sulfone groups is 1. The quantitative estimate of drug-likeness (QED) is 0.918. The summed E-state index contributed by atoms with van der Waals surface area (Å²) >= 11 is 5.84. The van der Waals surface area contributed by atoms with Crippen LogP contribution in [0.3, 0.4) is 0 Å². The molecule has 0 heterocycles. The number of carboxylic acid groups (broad SMARTS) is 1. The molecule has 1 N–H and O–H groups in total. The Morgan fingerprint density at radius 3 is 2.13 bits per heavy atom. The molecule has 0 amide bonds. The monoisotopic (exact) mass is 350 g/mol. The van der Waals surface area contributed by atoms with Crippen LogP contribution in [-0.4, -0.2) is 24.7 Å². The van der Waals surface area contributed by atoms with E-state index in [1.54, 1.807) is 36.4 Å². The van der Waals surface area contributed by atoms with Crippen LogP contribution < -0.4 is 0 Å². The number of aliphatic carboxylic acids is 1. The summed E-state index contributed by atoms with van der Waals surface area (Å²) in [6.45, 7) is 1.87. The van der Waals surface area contributed by atoms with Gasteiger partial charge in [-0.25, -0.2) is 8.42 Å². The molecule has 4 nitrogen and oxygen atoms in total. The van der Waals surface area contributed by atoms with Gasteiger partial charge in [-0.3, -0.25) is 4.79 Å². The molecule has 3 rings (SSSR count). The standard InChI is InChI=1S/C17H15ClO4S/c1-10-2-8-13(9-3-10)23(21,22)16-14(15(16)17(19)20)11-4-6-12(18)7-5-11/h2-9,14-16H,1H3,(H,19,20)/t14-,15+,16+/m0/s1. The van der Waals surface area contributed by atoms with E-state index in [1.807, 2.05) is 6.92 Å². The molecule has 2 aromatic carbocycles. The van der Waals surface area contributed by atoms with Gasteiger partial charge in [0.25, 0.3) is 0 Å². The first-order valence-corrected chi connectivity index (χ1v) is 9.03. The van der Waals surface area contributed by atoms with E-state index in [-0.39, 0.29) is 4.90 Å². The van der Waals surface area contributed by atoms with Crippen molar-refractivity contribution in [1.29, 1.82) is 0 Å². The summed E-state index contributed by atoms with van der Waals surface area (Å²) in [5.74, 6) is -2.57. The molecule has 2 aromatic rings. The van der Waals surface area contributed by atoms with Gasteiger partial charge in [0.1, 0.15) is 0 Å². The van der Waals surface area contributed by atoms with Crippen LogP contribution in [0, 0.1) is 12.8 Å². The molecule has 0 radical (unpaired) electrons. The molecule has 3 atom stereocenters. The predicted molar refractivity (Wildman–Crippen MR) is 87.5 cm³/mol. The molecule has 0 unspecified atom stereocenters. The Labute approximate surface area is 139 Å². The Kier molecular flexibility index (Phi) is 3.94. The number of halogens is 1. The zero-order valence-corrected chi connectivity index (χ0v) is 13.9. The van der Waals surface area contributed by atoms with Crippen LogP contribution in [0.4, 0.5) is 0 Å².